The fraction of sp³-hybridized carbons (Fsp3) is 0.600. The van der Waals surface area contributed by atoms with E-state index in [9.17, 15) is 13.9 Å². The zero-order valence-electron chi connectivity index (χ0n) is 11.6. The molecule has 0 fully saturated rings. The summed E-state index contributed by atoms with van der Waals surface area (Å²) < 4.78 is 24.8. The minimum absolute atomic E-state index is 0.0515. The molecule has 0 saturated heterocycles. The maximum absolute atomic E-state index is 12.4. The number of halogens is 2. The zero-order chi connectivity index (χ0) is 14.3. The summed E-state index contributed by atoms with van der Waals surface area (Å²) in [6.45, 7) is 5.66. The molecule has 4 heteroatoms. The molecule has 0 amide bonds. The van der Waals surface area contributed by atoms with E-state index in [4.69, 9.17) is 0 Å². The van der Waals surface area contributed by atoms with Crippen LogP contribution in [0.4, 0.5) is 8.78 Å². The first-order valence-electron chi connectivity index (χ1n) is 6.75. The Kier molecular flexibility index (Phi) is 6.38. The van der Waals surface area contributed by atoms with Crippen LogP contribution in [-0.4, -0.2) is 18.3 Å². The molecule has 1 rings (SSSR count). The molecule has 0 saturated carbocycles. The normalized spacial score (nSPS) is 12.1. The maximum Gasteiger partial charge on any atom is 0.263 e. The molecule has 0 aliphatic rings. The molecular formula is C15H23F2NO. The van der Waals surface area contributed by atoms with Crippen molar-refractivity contribution in [2.24, 2.45) is 5.41 Å². The fourth-order valence-electron chi connectivity index (χ4n) is 2.03. The number of benzene rings is 1. The highest BCUT2D eigenvalue weighted by Gasteiger charge is 2.24. The molecule has 19 heavy (non-hydrogen) atoms. The van der Waals surface area contributed by atoms with E-state index in [-0.39, 0.29) is 17.6 Å². The first-order chi connectivity index (χ1) is 9.06. The number of nitrogens with one attached hydrogen (secondary N) is 1. The third-order valence-corrected chi connectivity index (χ3v) is 3.90. The Balaban J connectivity index is 2.48. The first kappa shape index (κ1) is 16.1. The van der Waals surface area contributed by atoms with Crippen molar-refractivity contribution in [2.45, 2.75) is 39.7 Å². The third-order valence-electron chi connectivity index (χ3n) is 3.90. The van der Waals surface area contributed by atoms with Crippen LogP contribution in [0.3, 0.4) is 0 Å². The molecule has 0 aromatic heterocycles. The Labute approximate surface area is 113 Å². The summed E-state index contributed by atoms with van der Waals surface area (Å²) in [5.74, 6) is 0. The molecule has 2 nitrogen and oxygen atoms in total. The van der Waals surface area contributed by atoms with Crippen LogP contribution in [0, 0.1) is 5.41 Å². The number of alkyl halides is 2. The van der Waals surface area contributed by atoms with Crippen molar-refractivity contribution in [2.75, 3.05) is 13.2 Å². The topological polar surface area (TPSA) is 32.3 Å². The van der Waals surface area contributed by atoms with Crippen molar-refractivity contribution < 1.29 is 13.9 Å². The van der Waals surface area contributed by atoms with Crippen LogP contribution in [0.25, 0.3) is 0 Å². The van der Waals surface area contributed by atoms with Crippen molar-refractivity contribution in [3.63, 3.8) is 0 Å². The standard InChI is InChI=1S/C15H23F2NO/c1-3-15(4-2,11-19)10-18-9-12-5-7-13(8-6-12)14(16)17/h5-8,14,18-19H,3-4,9-11H2,1-2H3. The highest BCUT2D eigenvalue weighted by molar-refractivity contribution is 5.23. The summed E-state index contributed by atoms with van der Waals surface area (Å²) in [5.41, 5.74) is 0.946. The lowest BCUT2D eigenvalue weighted by atomic mass is 9.83. The third kappa shape index (κ3) is 4.55. The molecule has 0 aliphatic carbocycles. The molecular weight excluding hydrogens is 248 g/mol. The predicted molar refractivity (Wildman–Crippen MR) is 73.2 cm³/mol. The van der Waals surface area contributed by atoms with Gasteiger partial charge in [-0.2, -0.15) is 0 Å². The highest BCUT2D eigenvalue weighted by Crippen LogP contribution is 2.24. The molecule has 0 unspecified atom stereocenters. The molecule has 108 valence electrons. The molecule has 1 aromatic carbocycles. The number of hydrogen-bond acceptors (Lipinski definition) is 2. The minimum Gasteiger partial charge on any atom is -0.396 e. The fourth-order valence-corrected chi connectivity index (χ4v) is 2.03. The molecule has 0 radical (unpaired) electrons. The first-order valence-corrected chi connectivity index (χ1v) is 6.75. The van der Waals surface area contributed by atoms with Gasteiger partial charge in [-0.1, -0.05) is 38.1 Å². The average Bonchev–Trinajstić information content (AvgIpc) is 2.45. The summed E-state index contributed by atoms with van der Waals surface area (Å²) in [6, 6.07) is 6.35. The number of aliphatic hydroxyl groups excluding tert-OH is 1. The Morgan fingerprint density at radius 1 is 1.16 bits per heavy atom. The highest BCUT2D eigenvalue weighted by atomic mass is 19.3. The number of hydrogen-bond donors (Lipinski definition) is 2. The molecule has 0 atom stereocenters. The summed E-state index contributed by atoms with van der Waals surface area (Å²) in [6.07, 6.45) is -0.585. The van der Waals surface area contributed by atoms with E-state index in [1.165, 1.54) is 12.1 Å². The Bertz CT molecular complexity index is 353. The van der Waals surface area contributed by atoms with Gasteiger partial charge in [-0.25, -0.2) is 8.78 Å². The van der Waals surface area contributed by atoms with Crippen molar-refractivity contribution >= 4 is 0 Å². The lowest BCUT2D eigenvalue weighted by Crippen LogP contribution is -2.36. The summed E-state index contributed by atoms with van der Waals surface area (Å²) in [4.78, 5) is 0. The summed E-state index contributed by atoms with van der Waals surface area (Å²) in [7, 11) is 0. The number of aliphatic hydroxyl groups is 1. The van der Waals surface area contributed by atoms with Crippen LogP contribution in [0.15, 0.2) is 24.3 Å². The van der Waals surface area contributed by atoms with Gasteiger partial charge in [0, 0.05) is 30.7 Å². The second kappa shape index (κ2) is 7.56. The Morgan fingerprint density at radius 3 is 2.16 bits per heavy atom. The van der Waals surface area contributed by atoms with Crippen molar-refractivity contribution in [3.05, 3.63) is 35.4 Å². The van der Waals surface area contributed by atoms with E-state index >= 15 is 0 Å². The van der Waals surface area contributed by atoms with Crippen LogP contribution in [-0.2, 0) is 6.54 Å². The van der Waals surface area contributed by atoms with E-state index in [1.807, 2.05) is 0 Å². The largest absolute Gasteiger partial charge is 0.396 e. The van der Waals surface area contributed by atoms with E-state index < -0.39 is 6.43 Å². The minimum atomic E-state index is -2.41. The van der Waals surface area contributed by atoms with E-state index in [0.717, 1.165) is 24.9 Å². The van der Waals surface area contributed by atoms with Gasteiger partial charge in [0.2, 0.25) is 0 Å². The lowest BCUT2D eigenvalue weighted by Gasteiger charge is -2.29. The van der Waals surface area contributed by atoms with E-state index in [2.05, 4.69) is 19.2 Å². The molecule has 0 bridgehead atoms. The van der Waals surface area contributed by atoms with Gasteiger partial charge >= 0.3 is 0 Å². The maximum atomic E-state index is 12.4. The van der Waals surface area contributed by atoms with E-state index in [1.54, 1.807) is 12.1 Å². The Morgan fingerprint density at radius 2 is 1.74 bits per heavy atom. The number of rotatable bonds is 8. The van der Waals surface area contributed by atoms with Crippen molar-refractivity contribution in [1.82, 2.24) is 5.32 Å². The van der Waals surface area contributed by atoms with E-state index in [0.29, 0.717) is 6.54 Å². The summed E-state index contributed by atoms with van der Waals surface area (Å²) in [5, 5.41) is 12.7. The van der Waals surface area contributed by atoms with Gasteiger partial charge in [0.25, 0.3) is 6.43 Å². The van der Waals surface area contributed by atoms with Crippen LogP contribution in [0.2, 0.25) is 0 Å². The molecule has 2 N–H and O–H groups in total. The van der Waals surface area contributed by atoms with Gasteiger partial charge in [0.1, 0.15) is 0 Å². The molecule has 1 aromatic rings. The quantitative estimate of drug-likeness (QED) is 0.758. The van der Waals surface area contributed by atoms with Crippen molar-refractivity contribution in [3.8, 4) is 0 Å². The van der Waals surface area contributed by atoms with Gasteiger partial charge in [0.15, 0.2) is 0 Å². The van der Waals surface area contributed by atoms with Gasteiger partial charge < -0.3 is 10.4 Å². The monoisotopic (exact) mass is 271 g/mol. The van der Waals surface area contributed by atoms with Crippen molar-refractivity contribution in [1.29, 1.82) is 0 Å². The van der Waals surface area contributed by atoms with Gasteiger partial charge in [0.05, 0.1) is 0 Å². The molecule has 0 spiro atoms. The second-order valence-electron chi connectivity index (χ2n) is 5.01. The molecule has 0 aliphatic heterocycles. The second-order valence-corrected chi connectivity index (χ2v) is 5.01. The SMILES string of the molecule is CCC(CC)(CO)CNCc1ccc(C(F)F)cc1. The smallest absolute Gasteiger partial charge is 0.263 e. The van der Waals surface area contributed by atoms with Gasteiger partial charge in [-0.15, -0.1) is 0 Å². The average molecular weight is 271 g/mol. The van der Waals surface area contributed by atoms with Crippen LogP contribution in [0.1, 0.15) is 44.2 Å². The van der Waals surface area contributed by atoms with Gasteiger partial charge in [-0.3, -0.25) is 0 Å². The Hall–Kier alpha value is -1.00. The van der Waals surface area contributed by atoms with Crippen LogP contribution >= 0.6 is 0 Å². The molecule has 0 heterocycles. The lowest BCUT2D eigenvalue weighted by molar-refractivity contribution is 0.113. The van der Waals surface area contributed by atoms with Crippen LogP contribution in [0.5, 0.6) is 0 Å². The zero-order valence-corrected chi connectivity index (χ0v) is 11.6. The predicted octanol–water partition coefficient (Wildman–Crippen LogP) is 3.51. The summed E-state index contributed by atoms with van der Waals surface area (Å²) >= 11 is 0. The van der Waals surface area contributed by atoms with Gasteiger partial charge in [-0.05, 0) is 18.4 Å². The van der Waals surface area contributed by atoms with Crippen LogP contribution < -0.4 is 5.32 Å².